The molecule has 0 bridgehead atoms. The van der Waals surface area contributed by atoms with Crippen LogP contribution in [-0.4, -0.2) is 40.8 Å². The van der Waals surface area contributed by atoms with Crippen molar-refractivity contribution < 1.29 is 14.4 Å². The van der Waals surface area contributed by atoms with Crippen LogP contribution >= 0.6 is 0 Å². The fraction of sp³-hybridized carbons (Fsp3) is 0.143. The van der Waals surface area contributed by atoms with E-state index < -0.39 is 11.9 Å². The van der Waals surface area contributed by atoms with Crippen molar-refractivity contribution in [2.75, 3.05) is 18.4 Å². The van der Waals surface area contributed by atoms with Gasteiger partial charge in [-0.2, -0.15) is 0 Å². The summed E-state index contributed by atoms with van der Waals surface area (Å²) in [5, 5.41) is 5.72. The first-order valence-electron chi connectivity index (χ1n) is 6.35. The number of pyridine rings is 1. The molecular formula is C14H12N4O3. The number of benzene rings is 1. The average molecular weight is 284 g/mol. The van der Waals surface area contributed by atoms with Gasteiger partial charge in [0.2, 0.25) is 11.8 Å². The highest BCUT2D eigenvalue weighted by Gasteiger charge is 2.28. The second-order valence-electron chi connectivity index (χ2n) is 4.67. The lowest BCUT2D eigenvalue weighted by molar-refractivity contribution is -0.119. The van der Waals surface area contributed by atoms with Crippen molar-refractivity contribution in [2.24, 2.45) is 0 Å². The zero-order chi connectivity index (χ0) is 14.8. The first-order valence-corrected chi connectivity index (χ1v) is 6.35. The number of nitrogens with one attached hydrogen (secondary N) is 2. The van der Waals surface area contributed by atoms with Crippen LogP contribution in [0.15, 0.2) is 36.5 Å². The van der Waals surface area contributed by atoms with E-state index in [0.29, 0.717) is 5.69 Å². The molecule has 0 radical (unpaired) electrons. The second kappa shape index (κ2) is 5.20. The summed E-state index contributed by atoms with van der Waals surface area (Å²) in [6.07, 6.45) is 1.70. The molecular weight excluding hydrogens is 272 g/mol. The first kappa shape index (κ1) is 13.0. The largest absolute Gasteiger partial charge is 0.325 e. The van der Waals surface area contributed by atoms with Crippen LogP contribution in [0.4, 0.5) is 10.5 Å². The van der Waals surface area contributed by atoms with E-state index in [-0.39, 0.29) is 19.0 Å². The summed E-state index contributed by atoms with van der Waals surface area (Å²) in [5.41, 5.74) is 1.45. The summed E-state index contributed by atoms with van der Waals surface area (Å²) in [4.78, 5) is 39.6. The Balaban J connectivity index is 1.68. The van der Waals surface area contributed by atoms with Crippen LogP contribution in [0.5, 0.6) is 0 Å². The predicted molar refractivity (Wildman–Crippen MR) is 75.5 cm³/mol. The molecule has 7 nitrogen and oxygen atoms in total. The van der Waals surface area contributed by atoms with Gasteiger partial charge in [0.25, 0.3) is 0 Å². The maximum atomic E-state index is 11.9. The molecule has 2 heterocycles. The van der Waals surface area contributed by atoms with Crippen molar-refractivity contribution in [3.63, 3.8) is 0 Å². The topological polar surface area (TPSA) is 91.4 Å². The fourth-order valence-electron chi connectivity index (χ4n) is 2.14. The number of urea groups is 1. The van der Waals surface area contributed by atoms with Crippen LogP contribution in [0.2, 0.25) is 0 Å². The molecule has 0 unspecified atom stereocenters. The Morgan fingerprint density at radius 3 is 2.95 bits per heavy atom. The number of nitrogens with zero attached hydrogens (tertiary/aromatic N) is 2. The maximum absolute atomic E-state index is 11.9. The molecule has 7 heteroatoms. The highest BCUT2D eigenvalue weighted by Crippen LogP contribution is 2.17. The highest BCUT2D eigenvalue weighted by atomic mass is 16.2. The van der Waals surface area contributed by atoms with Crippen molar-refractivity contribution in [1.82, 2.24) is 15.2 Å². The van der Waals surface area contributed by atoms with E-state index in [2.05, 4.69) is 15.6 Å². The average Bonchev–Trinajstić information content (AvgIpc) is 2.76. The number of carbonyl (C=O) groups excluding carboxylic acids is 3. The number of rotatable bonds is 3. The molecule has 2 N–H and O–H groups in total. The molecule has 0 spiro atoms. The van der Waals surface area contributed by atoms with Crippen LogP contribution in [0, 0.1) is 0 Å². The molecule has 1 aliphatic heterocycles. The summed E-state index contributed by atoms with van der Waals surface area (Å²) in [6.45, 7) is -0.253. The summed E-state index contributed by atoms with van der Waals surface area (Å²) in [6, 6.07) is 8.51. The highest BCUT2D eigenvalue weighted by molar-refractivity contribution is 6.04. The normalized spacial score (nSPS) is 14.4. The van der Waals surface area contributed by atoms with Crippen LogP contribution in [0.25, 0.3) is 10.9 Å². The van der Waals surface area contributed by atoms with E-state index in [4.69, 9.17) is 0 Å². The summed E-state index contributed by atoms with van der Waals surface area (Å²) in [5.74, 6) is -0.757. The van der Waals surface area contributed by atoms with E-state index in [9.17, 15) is 14.4 Å². The molecule has 1 aromatic carbocycles. The van der Waals surface area contributed by atoms with E-state index in [1.165, 1.54) is 0 Å². The zero-order valence-corrected chi connectivity index (χ0v) is 11.0. The first-order chi connectivity index (χ1) is 10.1. The summed E-state index contributed by atoms with van der Waals surface area (Å²) >= 11 is 0. The minimum Gasteiger partial charge on any atom is -0.325 e. The molecule has 2 aromatic rings. The molecule has 106 valence electrons. The lowest BCUT2D eigenvalue weighted by atomic mass is 10.2. The van der Waals surface area contributed by atoms with Gasteiger partial charge in [-0.15, -0.1) is 0 Å². The number of anilines is 1. The van der Waals surface area contributed by atoms with Gasteiger partial charge in [0, 0.05) is 17.3 Å². The van der Waals surface area contributed by atoms with Crippen LogP contribution < -0.4 is 10.6 Å². The number of hydrogen-bond donors (Lipinski definition) is 2. The van der Waals surface area contributed by atoms with Crippen molar-refractivity contribution in [2.45, 2.75) is 0 Å². The van der Waals surface area contributed by atoms with Gasteiger partial charge in [0.15, 0.2) is 0 Å². The molecule has 3 rings (SSSR count). The minimum atomic E-state index is -0.544. The third-order valence-corrected chi connectivity index (χ3v) is 3.09. The Morgan fingerprint density at radius 1 is 1.33 bits per heavy atom. The van der Waals surface area contributed by atoms with Gasteiger partial charge < -0.3 is 10.2 Å². The van der Waals surface area contributed by atoms with Gasteiger partial charge in [-0.1, -0.05) is 6.07 Å². The molecule has 21 heavy (non-hydrogen) atoms. The van der Waals surface area contributed by atoms with Gasteiger partial charge in [0.05, 0.1) is 5.52 Å². The monoisotopic (exact) mass is 284 g/mol. The van der Waals surface area contributed by atoms with Crippen LogP contribution in [-0.2, 0) is 9.59 Å². The maximum Gasteiger partial charge on any atom is 0.325 e. The Kier molecular flexibility index (Phi) is 3.23. The van der Waals surface area contributed by atoms with E-state index in [1.807, 2.05) is 12.1 Å². The van der Waals surface area contributed by atoms with Crippen LogP contribution in [0.1, 0.15) is 0 Å². The van der Waals surface area contributed by atoms with E-state index >= 15 is 0 Å². The molecule has 1 saturated heterocycles. The molecule has 0 saturated carbocycles. The third kappa shape index (κ3) is 2.81. The van der Waals surface area contributed by atoms with Crippen molar-refractivity contribution in [1.29, 1.82) is 0 Å². The van der Waals surface area contributed by atoms with E-state index in [0.717, 1.165) is 15.8 Å². The fourth-order valence-corrected chi connectivity index (χ4v) is 2.14. The van der Waals surface area contributed by atoms with Gasteiger partial charge in [0.1, 0.15) is 13.1 Å². The van der Waals surface area contributed by atoms with Gasteiger partial charge in [-0.05, 0) is 24.3 Å². The third-order valence-electron chi connectivity index (χ3n) is 3.09. The quantitative estimate of drug-likeness (QED) is 0.813. The summed E-state index contributed by atoms with van der Waals surface area (Å²) < 4.78 is 0. The number of aromatic nitrogens is 1. The Labute approximate surface area is 119 Å². The predicted octanol–water partition coefficient (Wildman–Crippen LogP) is 0.725. The number of hydrogen-bond acceptors (Lipinski definition) is 4. The zero-order valence-electron chi connectivity index (χ0n) is 11.0. The Hall–Kier alpha value is -2.96. The molecule has 0 atom stereocenters. The molecule has 4 amide bonds. The number of imide groups is 1. The van der Waals surface area contributed by atoms with Crippen LogP contribution in [0.3, 0.4) is 0 Å². The standard InChI is InChI=1S/C14H12N4O3/c19-12(7-18-8-13(20)17-14(18)21)16-10-3-4-11-9(6-10)2-1-5-15-11/h1-6H,7-8H2,(H,16,19)(H,17,20,21). The number of fused-ring (bicyclic) bond motifs is 1. The number of carbonyl (C=O) groups is 3. The molecule has 1 aromatic heterocycles. The molecule has 1 aliphatic rings. The lowest BCUT2D eigenvalue weighted by Gasteiger charge is -2.13. The summed E-state index contributed by atoms with van der Waals surface area (Å²) in [7, 11) is 0. The van der Waals surface area contributed by atoms with Crippen molar-refractivity contribution in [3.05, 3.63) is 36.5 Å². The SMILES string of the molecule is O=C1CN(CC(=O)Nc2ccc3ncccc3c2)C(=O)N1. The second-order valence-corrected chi connectivity index (χ2v) is 4.67. The minimum absolute atomic E-state index is 0.0894. The van der Waals surface area contributed by atoms with Gasteiger partial charge in [-0.3, -0.25) is 19.9 Å². The Bertz CT molecular complexity index is 744. The molecule has 1 fully saturated rings. The van der Waals surface area contributed by atoms with E-state index in [1.54, 1.807) is 24.4 Å². The Morgan fingerprint density at radius 2 is 2.19 bits per heavy atom. The van der Waals surface area contributed by atoms with Gasteiger partial charge in [-0.25, -0.2) is 4.79 Å². The smallest absolute Gasteiger partial charge is 0.325 e. The molecule has 0 aliphatic carbocycles. The lowest BCUT2D eigenvalue weighted by Crippen LogP contribution is -2.35. The van der Waals surface area contributed by atoms with Crippen molar-refractivity contribution >= 4 is 34.4 Å². The van der Waals surface area contributed by atoms with Gasteiger partial charge >= 0.3 is 6.03 Å². The van der Waals surface area contributed by atoms with Crippen molar-refractivity contribution in [3.8, 4) is 0 Å². The number of amides is 4.